The molecule has 1 N–H and O–H groups in total. The standard InChI is InChI=1S/C18H20FNO3/c1-12-6-7-13(18(21)22)10-20(12)11-14-8-9-17(23-14)15-4-2-3-5-16(15)19/h2-5,8-9,12-13H,6-7,10-11H2,1H3,(H,21,22). The Balaban J connectivity index is 1.73. The average molecular weight is 317 g/mol. The van der Waals surface area contributed by atoms with Crippen LogP contribution in [0.2, 0.25) is 0 Å². The van der Waals surface area contributed by atoms with Crippen LogP contribution in [0.3, 0.4) is 0 Å². The second kappa shape index (κ2) is 6.54. The van der Waals surface area contributed by atoms with Gasteiger partial charge in [-0.2, -0.15) is 0 Å². The summed E-state index contributed by atoms with van der Waals surface area (Å²) in [5.41, 5.74) is 0.439. The highest BCUT2D eigenvalue weighted by atomic mass is 19.1. The molecule has 2 heterocycles. The molecule has 3 rings (SSSR count). The van der Waals surface area contributed by atoms with Gasteiger partial charge in [-0.05, 0) is 44.0 Å². The third-order valence-electron chi connectivity index (χ3n) is 4.52. The first-order chi connectivity index (χ1) is 11.0. The normalized spacial score (nSPS) is 22.2. The highest BCUT2D eigenvalue weighted by Gasteiger charge is 2.30. The maximum atomic E-state index is 13.8. The van der Waals surface area contributed by atoms with Crippen molar-refractivity contribution in [2.24, 2.45) is 5.92 Å². The highest BCUT2D eigenvalue weighted by Crippen LogP contribution is 2.28. The van der Waals surface area contributed by atoms with Crippen LogP contribution in [0.4, 0.5) is 4.39 Å². The second-order valence-electron chi connectivity index (χ2n) is 6.14. The lowest BCUT2D eigenvalue weighted by Crippen LogP contribution is -2.43. The fourth-order valence-electron chi connectivity index (χ4n) is 3.07. The lowest BCUT2D eigenvalue weighted by atomic mass is 9.93. The molecule has 0 aliphatic carbocycles. The van der Waals surface area contributed by atoms with Gasteiger partial charge in [0.1, 0.15) is 17.3 Å². The molecule has 2 unspecified atom stereocenters. The van der Waals surface area contributed by atoms with E-state index in [-0.39, 0.29) is 11.7 Å². The Morgan fingerprint density at radius 3 is 2.83 bits per heavy atom. The Morgan fingerprint density at radius 1 is 1.30 bits per heavy atom. The van der Waals surface area contributed by atoms with Crippen molar-refractivity contribution in [3.05, 3.63) is 48.0 Å². The van der Waals surface area contributed by atoms with Crippen LogP contribution in [0, 0.1) is 11.7 Å². The minimum absolute atomic E-state index is 0.313. The second-order valence-corrected chi connectivity index (χ2v) is 6.14. The van der Waals surface area contributed by atoms with E-state index in [2.05, 4.69) is 11.8 Å². The van der Waals surface area contributed by atoms with E-state index < -0.39 is 5.97 Å². The Kier molecular flexibility index (Phi) is 4.48. The molecule has 4 nitrogen and oxygen atoms in total. The van der Waals surface area contributed by atoms with Crippen LogP contribution in [0.15, 0.2) is 40.8 Å². The molecule has 0 radical (unpaired) electrons. The first-order valence-electron chi connectivity index (χ1n) is 7.85. The van der Waals surface area contributed by atoms with Gasteiger partial charge in [-0.1, -0.05) is 12.1 Å². The number of carbonyl (C=O) groups is 1. The van der Waals surface area contributed by atoms with Crippen LogP contribution in [0.1, 0.15) is 25.5 Å². The minimum atomic E-state index is -0.742. The molecule has 1 aromatic heterocycles. The van der Waals surface area contributed by atoms with Gasteiger partial charge in [0, 0.05) is 12.6 Å². The Labute approximate surface area is 134 Å². The van der Waals surface area contributed by atoms with Gasteiger partial charge >= 0.3 is 5.97 Å². The largest absolute Gasteiger partial charge is 0.481 e. The molecule has 1 saturated heterocycles. The fraction of sp³-hybridized carbons (Fsp3) is 0.389. The number of rotatable bonds is 4. The number of likely N-dealkylation sites (tertiary alicyclic amines) is 1. The molecule has 2 atom stereocenters. The molecule has 0 saturated carbocycles. The van der Waals surface area contributed by atoms with E-state index in [1.165, 1.54) is 6.07 Å². The van der Waals surface area contributed by atoms with E-state index in [0.29, 0.717) is 36.9 Å². The summed E-state index contributed by atoms with van der Waals surface area (Å²) in [6, 6.07) is 10.4. The molecule has 122 valence electrons. The fourth-order valence-corrected chi connectivity index (χ4v) is 3.07. The number of hydrogen-bond acceptors (Lipinski definition) is 3. The summed E-state index contributed by atoms with van der Waals surface area (Å²) >= 11 is 0. The lowest BCUT2D eigenvalue weighted by molar-refractivity contribution is -0.144. The average Bonchev–Trinajstić information content (AvgIpc) is 2.98. The molecule has 1 aliphatic heterocycles. The lowest BCUT2D eigenvalue weighted by Gasteiger charge is -2.35. The number of aliphatic carboxylic acids is 1. The van der Waals surface area contributed by atoms with Gasteiger partial charge in [-0.25, -0.2) is 4.39 Å². The summed E-state index contributed by atoms with van der Waals surface area (Å²) < 4.78 is 19.6. The molecule has 23 heavy (non-hydrogen) atoms. The number of nitrogens with zero attached hydrogens (tertiary/aromatic N) is 1. The van der Waals surface area contributed by atoms with Crippen LogP contribution in [-0.2, 0) is 11.3 Å². The van der Waals surface area contributed by atoms with Crippen LogP contribution >= 0.6 is 0 Å². The summed E-state index contributed by atoms with van der Waals surface area (Å²) in [7, 11) is 0. The first kappa shape index (κ1) is 15.7. The van der Waals surface area contributed by atoms with Gasteiger partial charge in [-0.3, -0.25) is 9.69 Å². The van der Waals surface area contributed by atoms with Gasteiger partial charge in [0.25, 0.3) is 0 Å². The van der Waals surface area contributed by atoms with Crippen LogP contribution in [0.5, 0.6) is 0 Å². The van der Waals surface area contributed by atoms with Gasteiger partial charge < -0.3 is 9.52 Å². The topological polar surface area (TPSA) is 53.7 Å². The Hall–Kier alpha value is -2.14. The maximum Gasteiger partial charge on any atom is 0.307 e. The zero-order valence-corrected chi connectivity index (χ0v) is 13.0. The van der Waals surface area contributed by atoms with Crippen molar-refractivity contribution in [2.75, 3.05) is 6.54 Å². The smallest absolute Gasteiger partial charge is 0.307 e. The highest BCUT2D eigenvalue weighted by molar-refractivity contribution is 5.70. The van der Waals surface area contributed by atoms with Gasteiger partial charge in [0.2, 0.25) is 0 Å². The molecule has 0 bridgehead atoms. The van der Waals surface area contributed by atoms with Crippen molar-refractivity contribution in [1.29, 1.82) is 0 Å². The summed E-state index contributed by atoms with van der Waals surface area (Å²) in [6.07, 6.45) is 1.57. The SMILES string of the molecule is CC1CCC(C(=O)O)CN1Cc1ccc(-c2ccccc2F)o1. The number of piperidine rings is 1. The van der Waals surface area contributed by atoms with E-state index >= 15 is 0 Å². The number of hydrogen-bond donors (Lipinski definition) is 1. The van der Waals surface area contributed by atoms with Crippen LogP contribution in [-0.4, -0.2) is 28.6 Å². The number of carboxylic acids is 1. The quantitative estimate of drug-likeness (QED) is 0.932. The summed E-state index contributed by atoms with van der Waals surface area (Å²) in [5, 5.41) is 9.20. The van der Waals surface area contributed by atoms with Gasteiger partial charge in [0.05, 0.1) is 18.0 Å². The molecule has 2 aromatic rings. The first-order valence-corrected chi connectivity index (χ1v) is 7.85. The summed E-state index contributed by atoms with van der Waals surface area (Å²) in [5.74, 6) is -0.162. The minimum Gasteiger partial charge on any atom is -0.481 e. The molecule has 5 heteroatoms. The third kappa shape index (κ3) is 3.45. The number of carboxylic acid groups (broad SMARTS) is 1. The third-order valence-corrected chi connectivity index (χ3v) is 4.52. The van der Waals surface area contributed by atoms with Crippen molar-refractivity contribution in [3.63, 3.8) is 0 Å². The van der Waals surface area contributed by atoms with E-state index in [1.54, 1.807) is 24.3 Å². The van der Waals surface area contributed by atoms with Crippen molar-refractivity contribution < 1.29 is 18.7 Å². The zero-order valence-electron chi connectivity index (χ0n) is 13.0. The van der Waals surface area contributed by atoms with Crippen molar-refractivity contribution in [3.8, 4) is 11.3 Å². The number of benzene rings is 1. The van der Waals surface area contributed by atoms with Crippen LogP contribution < -0.4 is 0 Å². The van der Waals surface area contributed by atoms with E-state index in [0.717, 1.165) is 12.2 Å². The molecule has 1 aliphatic rings. The molecule has 1 aromatic carbocycles. The van der Waals surface area contributed by atoms with Gasteiger partial charge in [0.15, 0.2) is 0 Å². The Morgan fingerprint density at radius 2 is 2.09 bits per heavy atom. The van der Waals surface area contributed by atoms with Gasteiger partial charge in [-0.15, -0.1) is 0 Å². The predicted molar refractivity (Wildman–Crippen MR) is 84.3 cm³/mol. The molecule has 0 spiro atoms. The summed E-state index contributed by atoms with van der Waals surface area (Å²) in [4.78, 5) is 13.3. The van der Waals surface area contributed by atoms with E-state index in [1.807, 2.05) is 6.07 Å². The number of furan rings is 1. The molecule has 1 fully saturated rings. The van der Waals surface area contributed by atoms with Crippen molar-refractivity contribution in [1.82, 2.24) is 4.90 Å². The van der Waals surface area contributed by atoms with Crippen molar-refractivity contribution >= 4 is 5.97 Å². The predicted octanol–water partition coefficient (Wildman–Crippen LogP) is 3.77. The summed E-state index contributed by atoms with van der Waals surface area (Å²) in [6.45, 7) is 3.16. The van der Waals surface area contributed by atoms with Crippen molar-refractivity contribution in [2.45, 2.75) is 32.4 Å². The maximum absolute atomic E-state index is 13.8. The Bertz CT molecular complexity index is 697. The monoisotopic (exact) mass is 317 g/mol. The van der Waals surface area contributed by atoms with Crippen LogP contribution in [0.25, 0.3) is 11.3 Å². The molecular weight excluding hydrogens is 297 g/mol. The molecule has 0 amide bonds. The molecular formula is C18H20FNO3. The number of halogens is 1. The van der Waals surface area contributed by atoms with E-state index in [9.17, 15) is 14.3 Å². The van der Waals surface area contributed by atoms with E-state index in [4.69, 9.17) is 4.42 Å². The zero-order chi connectivity index (χ0) is 16.4.